The third-order valence-corrected chi connectivity index (χ3v) is 6.02. The number of ether oxygens (including phenoxy) is 1. The molecule has 1 aromatic carbocycles. The molecule has 170 valence electrons. The highest BCUT2D eigenvalue weighted by atomic mass is 16.6. The van der Waals surface area contributed by atoms with Gasteiger partial charge in [0.1, 0.15) is 11.5 Å². The number of benzene rings is 1. The average molecular weight is 438 g/mol. The molecule has 1 aromatic heterocycles. The number of likely N-dealkylation sites (tertiary alicyclic amines) is 1. The SMILES string of the molecule is CCOC(=O)N1CCC(NC(=O)c2cccc(N3CCNC(c4ccccc4)C3)n2)CC1. The average Bonchev–Trinajstić information content (AvgIpc) is 2.85. The lowest BCUT2D eigenvalue weighted by molar-refractivity contribution is 0.0856. The van der Waals surface area contributed by atoms with Gasteiger partial charge in [0.05, 0.1) is 6.61 Å². The smallest absolute Gasteiger partial charge is 0.409 e. The van der Waals surface area contributed by atoms with Gasteiger partial charge in [0.25, 0.3) is 5.91 Å². The number of carbonyl (C=O) groups excluding carboxylic acids is 2. The van der Waals surface area contributed by atoms with Gasteiger partial charge in [-0.25, -0.2) is 9.78 Å². The number of hydrogen-bond acceptors (Lipinski definition) is 6. The van der Waals surface area contributed by atoms with E-state index in [1.165, 1.54) is 5.56 Å². The fourth-order valence-corrected chi connectivity index (χ4v) is 4.27. The van der Waals surface area contributed by atoms with Gasteiger partial charge >= 0.3 is 6.09 Å². The Kier molecular flexibility index (Phi) is 7.21. The quantitative estimate of drug-likeness (QED) is 0.748. The van der Waals surface area contributed by atoms with Gasteiger partial charge in [0, 0.05) is 44.8 Å². The molecule has 0 aliphatic carbocycles. The predicted octanol–water partition coefficient (Wildman–Crippen LogP) is 2.58. The van der Waals surface area contributed by atoms with Gasteiger partial charge in [-0.05, 0) is 37.5 Å². The highest BCUT2D eigenvalue weighted by Crippen LogP contribution is 2.21. The van der Waals surface area contributed by atoms with Gasteiger partial charge in [-0.15, -0.1) is 0 Å². The third-order valence-electron chi connectivity index (χ3n) is 6.02. The molecule has 2 N–H and O–H groups in total. The molecule has 2 aromatic rings. The fraction of sp³-hybridized carbons (Fsp3) is 0.458. The molecule has 0 spiro atoms. The number of piperidine rings is 1. The van der Waals surface area contributed by atoms with E-state index < -0.39 is 0 Å². The molecular weight excluding hydrogens is 406 g/mol. The van der Waals surface area contributed by atoms with Crippen LogP contribution in [-0.2, 0) is 4.74 Å². The predicted molar refractivity (Wildman–Crippen MR) is 123 cm³/mol. The number of aromatic nitrogens is 1. The Morgan fingerprint density at radius 2 is 1.88 bits per heavy atom. The Hall–Kier alpha value is -3.13. The number of nitrogens with zero attached hydrogens (tertiary/aromatic N) is 3. The number of pyridine rings is 1. The topological polar surface area (TPSA) is 86.8 Å². The van der Waals surface area contributed by atoms with Crippen LogP contribution in [0.2, 0.25) is 0 Å². The lowest BCUT2D eigenvalue weighted by atomic mass is 10.0. The summed E-state index contributed by atoms with van der Waals surface area (Å²) in [4.78, 5) is 33.3. The lowest BCUT2D eigenvalue weighted by Gasteiger charge is -2.35. The van der Waals surface area contributed by atoms with Crippen molar-refractivity contribution >= 4 is 17.8 Å². The van der Waals surface area contributed by atoms with Crippen LogP contribution in [0.1, 0.15) is 41.9 Å². The molecule has 1 atom stereocenters. The molecule has 32 heavy (non-hydrogen) atoms. The first-order valence-corrected chi connectivity index (χ1v) is 11.4. The number of piperazine rings is 1. The Morgan fingerprint density at radius 3 is 2.62 bits per heavy atom. The lowest BCUT2D eigenvalue weighted by Crippen LogP contribution is -2.47. The van der Waals surface area contributed by atoms with Crippen molar-refractivity contribution in [3.63, 3.8) is 0 Å². The van der Waals surface area contributed by atoms with Crippen LogP contribution in [0.15, 0.2) is 48.5 Å². The van der Waals surface area contributed by atoms with E-state index in [-0.39, 0.29) is 24.1 Å². The van der Waals surface area contributed by atoms with Crippen molar-refractivity contribution in [3.8, 4) is 0 Å². The summed E-state index contributed by atoms with van der Waals surface area (Å²) in [5.41, 5.74) is 1.67. The number of amides is 2. The van der Waals surface area contributed by atoms with Crippen molar-refractivity contribution in [3.05, 3.63) is 59.8 Å². The summed E-state index contributed by atoms with van der Waals surface area (Å²) in [6.45, 7) is 5.83. The maximum atomic E-state index is 12.8. The highest BCUT2D eigenvalue weighted by molar-refractivity contribution is 5.92. The normalized spacial score (nSPS) is 19.5. The van der Waals surface area contributed by atoms with Crippen molar-refractivity contribution in [1.29, 1.82) is 0 Å². The van der Waals surface area contributed by atoms with Gasteiger partial charge in [-0.2, -0.15) is 0 Å². The number of carbonyl (C=O) groups is 2. The van der Waals surface area contributed by atoms with Crippen LogP contribution < -0.4 is 15.5 Å². The largest absolute Gasteiger partial charge is 0.450 e. The van der Waals surface area contributed by atoms with Crippen LogP contribution in [0.4, 0.5) is 10.6 Å². The maximum Gasteiger partial charge on any atom is 0.409 e. The molecule has 0 radical (unpaired) electrons. The molecule has 8 heteroatoms. The van der Waals surface area contributed by atoms with Crippen molar-refractivity contribution in [2.75, 3.05) is 44.2 Å². The van der Waals surface area contributed by atoms with Crippen LogP contribution >= 0.6 is 0 Å². The van der Waals surface area contributed by atoms with Gasteiger partial charge in [0.2, 0.25) is 0 Å². The van der Waals surface area contributed by atoms with Crippen LogP contribution in [0.3, 0.4) is 0 Å². The zero-order valence-electron chi connectivity index (χ0n) is 18.5. The molecule has 0 saturated carbocycles. The summed E-state index contributed by atoms with van der Waals surface area (Å²) in [6.07, 6.45) is 1.14. The zero-order valence-corrected chi connectivity index (χ0v) is 18.5. The summed E-state index contributed by atoms with van der Waals surface area (Å²) in [6, 6.07) is 16.2. The molecule has 2 amide bonds. The minimum absolute atomic E-state index is 0.0280. The first kappa shape index (κ1) is 22.1. The molecular formula is C24H31N5O3. The van der Waals surface area contributed by atoms with E-state index in [4.69, 9.17) is 4.74 Å². The van der Waals surface area contributed by atoms with Gasteiger partial charge in [0.15, 0.2) is 0 Å². The van der Waals surface area contributed by atoms with E-state index in [0.29, 0.717) is 38.2 Å². The minimum atomic E-state index is -0.281. The van der Waals surface area contributed by atoms with Crippen molar-refractivity contribution < 1.29 is 14.3 Å². The molecule has 0 bridgehead atoms. The van der Waals surface area contributed by atoms with Crippen LogP contribution in [-0.4, -0.2) is 67.3 Å². The van der Waals surface area contributed by atoms with E-state index in [9.17, 15) is 9.59 Å². The molecule has 2 aliphatic heterocycles. The zero-order chi connectivity index (χ0) is 22.3. The second-order valence-electron chi connectivity index (χ2n) is 8.18. The fourth-order valence-electron chi connectivity index (χ4n) is 4.27. The van der Waals surface area contributed by atoms with Gasteiger partial charge in [-0.1, -0.05) is 36.4 Å². The van der Waals surface area contributed by atoms with Gasteiger partial charge in [-0.3, -0.25) is 4.79 Å². The summed E-state index contributed by atoms with van der Waals surface area (Å²) in [7, 11) is 0. The summed E-state index contributed by atoms with van der Waals surface area (Å²) >= 11 is 0. The van der Waals surface area contributed by atoms with Crippen molar-refractivity contribution in [2.45, 2.75) is 31.8 Å². The second kappa shape index (κ2) is 10.5. The standard InChI is InChI=1S/C24H31N5O3/c1-2-32-24(31)28-14-11-19(12-15-28)26-23(30)20-9-6-10-22(27-20)29-16-13-25-21(17-29)18-7-4-3-5-8-18/h3-10,19,21,25H,2,11-17H2,1H3,(H,26,30). The summed E-state index contributed by atoms with van der Waals surface area (Å²) < 4.78 is 5.05. The Labute approximate surface area is 188 Å². The van der Waals surface area contributed by atoms with Crippen LogP contribution in [0, 0.1) is 0 Å². The van der Waals surface area contributed by atoms with E-state index in [2.05, 4.69) is 44.8 Å². The van der Waals surface area contributed by atoms with E-state index in [0.717, 1.165) is 25.5 Å². The number of rotatable bonds is 5. The highest BCUT2D eigenvalue weighted by Gasteiger charge is 2.26. The summed E-state index contributed by atoms with van der Waals surface area (Å²) in [5, 5.41) is 6.64. The Morgan fingerprint density at radius 1 is 1.09 bits per heavy atom. The monoisotopic (exact) mass is 437 g/mol. The molecule has 2 aliphatic rings. The molecule has 2 saturated heterocycles. The number of nitrogens with one attached hydrogen (secondary N) is 2. The third kappa shape index (κ3) is 5.37. The first-order valence-electron chi connectivity index (χ1n) is 11.4. The van der Waals surface area contributed by atoms with Crippen molar-refractivity contribution in [2.24, 2.45) is 0 Å². The van der Waals surface area contributed by atoms with E-state index in [1.807, 2.05) is 18.2 Å². The summed E-state index contributed by atoms with van der Waals surface area (Å²) in [5.74, 6) is 0.647. The van der Waals surface area contributed by atoms with E-state index in [1.54, 1.807) is 17.9 Å². The number of anilines is 1. The van der Waals surface area contributed by atoms with Gasteiger partial charge < -0.3 is 25.2 Å². The van der Waals surface area contributed by atoms with Crippen LogP contribution in [0.5, 0.6) is 0 Å². The maximum absolute atomic E-state index is 12.8. The molecule has 2 fully saturated rings. The molecule has 3 heterocycles. The van der Waals surface area contributed by atoms with Crippen molar-refractivity contribution in [1.82, 2.24) is 20.5 Å². The Bertz CT molecular complexity index is 915. The second-order valence-corrected chi connectivity index (χ2v) is 8.18. The van der Waals surface area contributed by atoms with E-state index >= 15 is 0 Å². The minimum Gasteiger partial charge on any atom is -0.450 e. The van der Waals surface area contributed by atoms with Crippen LogP contribution in [0.25, 0.3) is 0 Å². The number of hydrogen-bond donors (Lipinski definition) is 2. The first-order chi connectivity index (χ1) is 15.6. The Balaban J connectivity index is 1.35. The molecule has 1 unspecified atom stereocenters. The molecule has 8 nitrogen and oxygen atoms in total. The molecule has 4 rings (SSSR count).